The highest BCUT2D eigenvalue weighted by Gasteiger charge is 2.28. The zero-order valence-electron chi connectivity index (χ0n) is 8.84. The molecule has 15 heavy (non-hydrogen) atoms. The van der Waals surface area contributed by atoms with E-state index in [1.807, 2.05) is 12.1 Å². The number of β-amino-alcohol motifs (C(OH)–C–C–N with tert-alkyl or cyclic N) is 1. The first-order chi connectivity index (χ1) is 7.25. The van der Waals surface area contributed by atoms with E-state index in [2.05, 4.69) is 16.9 Å². The molecule has 0 aromatic carbocycles. The Labute approximate surface area is 94.5 Å². The largest absolute Gasteiger partial charge is 0.391 e. The third-order valence-electron chi connectivity index (χ3n) is 2.70. The first-order valence-corrected chi connectivity index (χ1v) is 6.13. The van der Waals surface area contributed by atoms with Crippen molar-refractivity contribution in [2.75, 3.05) is 25.9 Å². The van der Waals surface area contributed by atoms with Crippen molar-refractivity contribution in [1.82, 2.24) is 9.88 Å². The molecule has 4 heteroatoms. The molecule has 0 unspecified atom stereocenters. The fourth-order valence-electron chi connectivity index (χ4n) is 1.87. The number of nitrogens with zero attached hydrogens (tertiary/aromatic N) is 2. The molecule has 2 atom stereocenters. The number of pyridine rings is 1. The summed E-state index contributed by atoms with van der Waals surface area (Å²) in [4.78, 5) is 7.39. The minimum Gasteiger partial charge on any atom is -0.391 e. The minimum absolute atomic E-state index is 0.163. The Morgan fingerprint density at radius 2 is 2.20 bits per heavy atom. The third kappa shape index (κ3) is 2.93. The van der Waals surface area contributed by atoms with Gasteiger partial charge in [-0.2, -0.15) is 0 Å². The van der Waals surface area contributed by atoms with Crippen molar-refractivity contribution in [2.24, 2.45) is 5.92 Å². The molecular weight excluding hydrogens is 208 g/mol. The number of likely N-dealkylation sites (tertiary alicyclic amines) is 1. The smallest absolute Gasteiger partial charge is 0.0715 e. The predicted molar refractivity (Wildman–Crippen MR) is 62.0 cm³/mol. The molecule has 0 amide bonds. The molecule has 0 bridgehead atoms. The molecule has 1 N–H and O–H groups in total. The standard InChI is InChI=1S/C11H16N2OS/c1-13-6-9(11(14)7-13)8-15-10-2-4-12-5-3-10/h2-5,9,11,14H,6-8H2,1H3/t9-,11+/m1/s1. The van der Waals surface area contributed by atoms with Gasteiger partial charge in [0.2, 0.25) is 0 Å². The van der Waals surface area contributed by atoms with Crippen LogP contribution < -0.4 is 0 Å². The molecule has 2 rings (SSSR count). The van der Waals surface area contributed by atoms with E-state index in [-0.39, 0.29) is 6.10 Å². The lowest BCUT2D eigenvalue weighted by atomic mass is 10.1. The Morgan fingerprint density at radius 1 is 1.47 bits per heavy atom. The van der Waals surface area contributed by atoms with Crippen molar-refractivity contribution in [3.63, 3.8) is 0 Å². The number of aliphatic hydroxyl groups is 1. The normalized spacial score (nSPS) is 27.1. The fraction of sp³-hybridized carbons (Fsp3) is 0.545. The lowest BCUT2D eigenvalue weighted by molar-refractivity contribution is 0.152. The lowest BCUT2D eigenvalue weighted by Crippen LogP contribution is -2.19. The van der Waals surface area contributed by atoms with E-state index in [4.69, 9.17) is 0 Å². The highest BCUT2D eigenvalue weighted by Crippen LogP contribution is 2.25. The van der Waals surface area contributed by atoms with Crippen molar-refractivity contribution in [2.45, 2.75) is 11.0 Å². The number of thioether (sulfide) groups is 1. The second kappa shape index (κ2) is 4.96. The molecule has 1 aliphatic heterocycles. The van der Waals surface area contributed by atoms with Crippen LogP contribution in [-0.2, 0) is 0 Å². The average molecular weight is 224 g/mol. The Balaban J connectivity index is 1.84. The van der Waals surface area contributed by atoms with Gasteiger partial charge in [-0.25, -0.2) is 0 Å². The van der Waals surface area contributed by atoms with E-state index in [1.165, 1.54) is 4.90 Å². The van der Waals surface area contributed by atoms with Gasteiger partial charge < -0.3 is 10.0 Å². The van der Waals surface area contributed by atoms with Crippen LogP contribution in [0.3, 0.4) is 0 Å². The molecule has 1 aromatic heterocycles. The van der Waals surface area contributed by atoms with Gasteiger partial charge in [-0.1, -0.05) is 0 Å². The van der Waals surface area contributed by atoms with Crippen LogP contribution in [0.5, 0.6) is 0 Å². The molecule has 3 nitrogen and oxygen atoms in total. The quantitative estimate of drug-likeness (QED) is 0.780. The van der Waals surface area contributed by atoms with Crippen molar-refractivity contribution >= 4 is 11.8 Å². The Morgan fingerprint density at radius 3 is 2.80 bits per heavy atom. The van der Waals surface area contributed by atoms with Gasteiger partial charge in [0.05, 0.1) is 6.10 Å². The molecule has 1 saturated heterocycles. The summed E-state index contributed by atoms with van der Waals surface area (Å²) < 4.78 is 0. The number of rotatable bonds is 3. The SMILES string of the molecule is CN1C[C@H](CSc2ccncc2)[C@@H](O)C1. The van der Waals surface area contributed by atoms with Crippen molar-refractivity contribution < 1.29 is 5.11 Å². The number of hydrogen-bond acceptors (Lipinski definition) is 4. The summed E-state index contributed by atoms with van der Waals surface area (Å²) in [6.45, 7) is 1.81. The molecular formula is C11H16N2OS. The van der Waals surface area contributed by atoms with Crippen LogP contribution >= 0.6 is 11.8 Å². The van der Waals surface area contributed by atoms with Crippen LogP contribution in [0.2, 0.25) is 0 Å². The lowest BCUT2D eigenvalue weighted by Gasteiger charge is -2.12. The second-order valence-corrected chi connectivity index (χ2v) is 5.14. The van der Waals surface area contributed by atoms with Crippen LogP contribution in [0.4, 0.5) is 0 Å². The zero-order chi connectivity index (χ0) is 10.7. The molecule has 0 spiro atoms. The maximum Gasteiger partial charge on any atom is 0.0715 e. The van der Waals surface area contributed by atoms with Crippen LogP contribution in [0.25, 0.3) is 0 Å². The van der Waals surface area contributed by atoms with Crippen LogP contribution in [0, 0.1) is 5.92 Å². The summed E-state index contributed by atoms with van der Waals surface area (Å²) in [5.74, 6) is 1.38. The van der Waals surface area contributed by atoms with Crippen molar-refractivity contribution in [3.8, 4) is 0 Å². The number of aliphatic hydroxyl groups excluding tert-OH is 1. The first-order valence-electron chi connectivity index (χ1n) is 5.15. The summed E-state index contributed by atoms with van der Waals surface area (Å²) in [6.07, 6.45) is 3.45. The van der Waals surface area contributed by atoms with Gasteiger partial charge in [-0.05, 0) is 19.2 Å². The van der Waals surface area contributed by atoms with Gasteiger partial charge in [-0.3, -0.25) is 4.98 Å². The van der Waals surface area contributed by atoms with E-state index in [0.29, 0.717) is 5.92 Å². The van der Waals surface area contributed by atoms with Crippen LogP contribution in [0.15, 0.2) is 29.4 Å². The van der Waals surface area contributed by atoms with E-state index < -0.39 is 0 Å². The van der Waals surface area contributed by atoms with Gasteiger partial charge in [0.25, 0.3) is 0 Å². The van der Waals surface area contributed by atoms with Crippen molar-refractivity contribution in [3.05, 3.63) is 24.5 Å². The number of hydrogen-bond donors (Lipinski definition) is 1. The van der Waals surface area contributed by atoms with Gasteiger partial charge in [0.15, 0.2) is 0 Å². The average Bonchev–Trinajstić information content (AvgIpc) is 2.56. The highest BCUT2D eigenvalue weighted by molar-refractivity contribution is 7.99. The van der Waals surface area contributed by atoms with Crippen molar-refractivity contribution in [1.29, 1.82) is 0 Å². The zero-order valence-corrected chi connectivity index (χ0v) is 9.65. The highest BCUT2D eigenvalue weighted by atomic mass is 32.2. The first kappa shape index (κ1) is 10.9. The Kier molecular flexibility index (Phi) is 3.61. The third-order valence-corrected chi connectivity index (χ3v) is 3.90. The van der Waals surface area contributed by atoms with E-state index in [9.17, 15) is 5.11 Å². The van der Waals surface area contributed by atoms with Gasteiger partial charge in [0.1, 0.15) is 0 Å². The van der Waals surface area contributed by atoms with Gasteiger partial charge in [-0.15, -0.1) is 11.8 Å². The molecule has 0 radical (unpaired) electrons. The number of aromatic nitrogens is 1. The molecule has 0 saturated carbocycles. The topological polar surface area (TPSA) is 36.4 Å². The minimum atomic E-state index is -0.163. The molecule has 1 fully saturated rings. The molecule has 1 aliphatic rings. The molecule has 0 aliphatic carbocycles. The summed E-state index contributed by atoms with van der Waals surface area (Å²) in [5.41, 5.74) is 0. The fourth-order valence-corrected chi connectivity index (χ4v) is 2.91. The van der Waals surface area contributed by atoms with Crippen LogP contribution in [0.1, 0.15) is 0 Å². The van der Waals surface area contributed by atoms with E-state index in [1.54, 1.807) is 24.2 Å². The molecule has 1 aromatic rings. The van der Waals surface area contributed by atoms with Crippen LogP contribution in [-0.4, -0.2) is 47.0 Å². The second-order valence-electron chi connectivity index (χ2n) is 4.04. The monoisotopic (exact) mass is 224 g/mol. The van der Waals surface area contributed by atoms with Gasteiger partial charge >= 0.3 is 0 Å². The summed E-state index contributed by atoms with van der Waals surface area (Å²) in [7, 11) is 2.06. The summed E-state index contributed by atoms with van der Waals surface area (Å²) in [6, 6.07) is 4.02. The van der Waals surface area contributed by atoms with Gasteiger partial charge in [0, 0.05) is 42.0 Å². The Hall–Kier alpha value is -0.580. The molecule has 2 heterocycles. The molecule has 82 valence electrons. The Bertz CT molecular complexity index is 307. The predicted octanol–water partition coefficient (Wildman–Crippen LogP) is 1.10. The van der Waals surface area contributed by atoms with E-state index >= 15 is 0 Å². The maximum atomic E-state index is 9.77. The van der Waals surface area contributed by atoms with E-state index in [0.717, 1.165) is 18.8 Å². The summed E-state index contributed by atoms with van der Waals surface area (Å²) in [5, 5.41) is 9.77. The maximum absolute atomic E-state index is 9.77. The number of likely N-dealkylation sites (N-methyl/N-ethyl adjacent to an activating group) is 1. The summed E-state index contributed by atoms with van der Waals surface area (Å²) >= 11 is 1.80.